The van der Waals surface area contributed by atoms with Crippen molar-refractivity contribution in [1.29, 1.82) is 0 Å². The van der Waals surface area contributed by atoms with Crippen molar-refractivity contribution in [1.82, 2.24) is 20.6 Å². The average molecular weight is 191 g/mol. The molecule has 0 aromatic carbocycles. The zero-order valence-electron chi connectivity index (χ0n) is 7.07. The highest BCUT2D eigenvalue weighted by molar-refractivity contribution is 7.26. The van der Waals surface area contributed by atoms with Crippen LogP contribution >= 0.6 is 9.03 Å². The number of aromatic amines is 1. The molecular formula is C5H12N4O2P-. The number of hydrogen-bond acceptors (Lipinski definition) is 5. The summed E-state index contributed by atoms with van der Waals surface area (Å²) in [6.07, 6.45) is 2.19. The smallest absolute Gasteiger partial charge is 0.155 e. The highest BCUT2D eigenvalue weighted by atomic mass is 31.1. The van der Waals surface area contributed by atoms with Gasteiger partial charge in [-0.2, -0.15) is 0 Å². The van der Waals surface area contributed by atoms with Gasteiger partial charge >= 0.3 is 0 Å². The number of nitrogens with zero attached hydrogens (tertiary/aromatic N) is 3. The molecule has 1 rings (SSSR count). The first-order valence-electron chi connectivity index (χ1n) is 3.49. The van der Waals surface area contributed by atoms with Crippen LogP contribution < -0.4 is 0 Å². The first kappa shape index (κ1) is 11.4. The van der Waals surface area contributed by atoms with Gasteiger partial charge in [0, 0.05) is 0 Å². The summed E-state index contributed by atoms with van der Waals surface area (Å²) in [6.45, 7) is 5.40. The molecule has 7 heteroatoms. The number of aromatic nitrogens is 4. The molecule has 12 heavy (non-hydrogen) atoms. The van der Waals surface area contributed by atoms with E-state index in [4.69, 9.17) is 9.05 Å². The molecule has 1 heterocycles. The maximum absolute atomic E-state index is 4.88. The Morgan fingerprint density at radius 1 is 1.33 bits per heavy atom. The molecule has 0 fully saturated rings. The van der Waals surface area contributed by atoms with E-state index < -0.39 is 0 Å². The Kier molecular flexibility index (Phi) is 9.92. The molecule has 0 aliphatic carbocycles. The van der Waals surface area contributed by atoms with E-state index in [1.54, 1.807) is 0 Å². The number of nitrogens with one attached hydrogen (secondary N) is 1. The normalized spacial score (nSPS) is 8.83. The standard InChI is InChI=1S/C4H11O2P.CHN4/c1-3-5-7-6-4-2;1-2-4-5-3-1/h7H,3-4H2,1-2H3;(H,2,3,4,5)/q;-1. The van der Waals surface area contributed by atoms with E-state index in [0.717, 1.165) is 13.2 Å². The summed E-state index contributed by atoms with van der Waals surface area (Å²) in [4.78, 5) is 0. The Morgan fingerprint density at radius 3 is 2.25 bits per heavy atom. The van der Waals surface area contributed by atoms with Crippen molar-refractivity contribution in [3.63, 3.8) is 0 Å². The first-order chi connectivity index (χ1) is 5.91. The highest BCUT2D eigenvalue weighted by Gasteiger charge is 1.77. The zero-order valence-corrected chi connectivity index (χ0v) is 8.07. The summed E-state index contributed by atoms with van der Waals surface area (Å²) >= 11 is 0. The van der Waals surface area contributed by atoms with Gasteiger partial charge in [-0.05, 0) is 13.8 Å². The molecule has 0 radical (unpaired) electrons. The highest BCUT2D eigenvalue weighted by Crippen LogP contribution is 2.10. The molecule has 0 atom stereocenters. The Bertz CT molecular complexity index is 128. The van der Waals surface area contributed by atoms with E-state index in [9.17, 15) is 0 Å². The molecule has 1 aromatic heterocycles. The van der Waals surface area contributed by atoms with Crippen LogP contribution in [0, 0.1) is 6.33 Å². The molecule has 70 valence electrons. The maximum Gasteiger partial charge on any atom is 0.155 e. The van der Waals surface area contributed by atoms with Gasteiger partial charge in [0.2, 0.25) is 0 Å². The van der Waals surface area contributed by atoms with Crippen molar-refractivity contribution in [2.24, 2.45) is 0 Å². The van der Waals surface area contributed by atoms with Crippen molar-refractivity contribution >= 4 is 9.03 Å². The molecule has 0 aliphatic rings. The van der Waals surface area contributed by atoms with Crippen LogP contribution in [-0.2, 0) is 9.05 Å². The van der Waals surface area contributed by atoms with E-state index in [2.05, 4.69) is 27.0 Å². The third kappa shape index (κ3) is 9.42. The quantitative estimate of drug-likeness (QED) is 0.428. The number of tetrazole rings is 1. The van der Waals surface area contributed by atoms with Gasteiger partial charge in [-0.3, -0.25) is 0 Å². The lowest BCUT2D eigenvalue weighted by molar-refractivity contribution is 0.288. The predicted octanol–water partition coefficient (Wildman–Crippen LogP) is 0.568. The Hall–Kier alpha value is -0.580. The molecule has 0 unspecified atom stereocenters. The van der Waals surface area contributed by atoms with Crippen molar-refractivity contribution in [2.75, 3.05) is 13.2 Å². The topological polar surface area (TPSA) is 72.9 Å². The molecular weight excluding hydrogens is 179 g/mol. The first-order valence-corrected chi connectivity index (χ1v) is 4.31. The van der Waals surface area contributed by atoms with E-state index >= 15 is 0 Å². The Labute approximate surface area is 73.0 Å². The number of H-pyrrole nitrogens is 1. The molecule has 1 aromatic rings. The van der Waals surface area contributed by atoms with Gasteiger partial charge in [-0.1, -0.05) is 5.21 Å². The van der Waals surface area contributed by atoms with Gasteiger partial charge < -0.3 is 19.2 Å². The third-order valence-corrected chi connectivity index (χ3v) is 1.46. The average Bonchev–Trinajstić information content (AvgIpc) is 2.62. The fourth-order valence-corrected chi connectivity index (χ4v) is 0.590. The van der Waals surface area contributed by atoms with E-state index in [0.29, 0.717) is 0 Å². The minimum absolute atomic E-state index is 0.232. The van der Waals surface area contributed by atoms with Crippen LogP contribution in [0.25, 0.3) is 0 Å². The van der Waals surface area contributed by atoms with Crippen LogP contribution in [-0.4, -0.2) is 33.8 Å². The fourth-order valence-electron chi connectivity index (χ4n) is 0.271. The van der Waals surface area contributed by atoms with Crippen molar-refractivity contribution < 1.29 is 9.05 Å². The van der Waals surface area contributed by atoms with E-state index in [1.807, 2.05) is 13.8 Å². The van der Waals surface area contributed by atoms with Crippen LogP contribution in [0.3, 0.4) is 0 Å². The van der Waals surface area contributed by atoms with Gasteiger partial charge in [0.05, 0.1) is 13.2 Å². The lowest BCUT2D eigenvalue weighted by atomic mass is 10.9. The number of rotatable bonds is 4. The summed E-state index contributed by atoms with van der Waals surface area (Å²) < 4.78 is 9.76. The number of hydrogen-bond donors (Lipinski definition) is 1. The zero-order chi connectivity index (χ0) is 9.07. The Morgan fingerprint density at radius 2 is 2.00 bits per heavy atom. The van der Waals surface area contributed by atoms with E-state index in [-0.39, 0.29) is 9.03 Å². The Balaban J connectivity index is 0.000000211. The van der Waals surface area contributed by atoms with Gasteiger partial charge in [0.15, 0.2) is 9.03 Å². The lowest BCUT2D eigenvalue weighted by Crippen LogP contribution is -1.78. The molecule has 0 amide bonds. The maximum atomic E-state index is 4.88. The van der Waals surface area contributed by atoms with Crippen LogP contribution in [0.15, 0.2) is 0 Å². The monoisotopic (exact) mass is 191 g/mol. The second-order valence-corrected chi connectivity index (χ2v) is 2.21. The summed E-state index contributed by atoms with van der Waals surface area (Å²) in [5.74, 6) is 0. The summed E-state index contributed by atoms with van der Waals surface area (Å²) in [5.41, 5.74) is 0. The third-order valence-electron chi connectivity index (χ3n) is 0.646. The molecule has 0 bridgehead atoms. The summed E-state index contributed by atoms with van der Waals surface area (Å²) in [5, 5.41) is 11.8. The molecule has 1 N–H and O–H groups in total. The lowest BCUT2D eigenvalue weighted by Gasteiger charge is -1.96. The van der Waals surface area contributed by atoms with Gasteiger partial charge in [0.25, 0.3) is 0 Å². The fraction of sp³-hybridized carbons (Fsp3) is 0.800. The van der Waals surface area contributed by atoms with E-state index in [1.165, 1.54) is 0 Å². The van der Waals surface area contributed by atoms with Gasteiger partial charge in [-0.15, -0.1) is 0 Å². The molecule has 6 nitrogen and oxygen atoms in total. The van der Waals surface area contributed by atoms with Crippen molar-refractivity contribution in [3.8, 4) is 0 Å². The van der Waals surface area contributed by atoms with Gasteiger partial charge in [0.1, 0.15) is 0 Å². The molecule has 0 saturated heterocycles. The predicted molar refractivity (Wildman–Crippen MR) is 44.6 cm³/mol. The van der Waals surface area contributed by atoms with Crippen LogP contribution in [0.2, 0.25) is 0 Å². The second kappa shape index (κ2) is 10.4. The van der Waals surface area contributed by atoms with Crippen LogP contribution in [0.4, 0.5) is 0 Å². The van der Waals surface area contributed by atoms with Crippen LogP contribution in [0.1, 0.15) is 13.8 Å². The SMILES string of the molecule is CCOPOCC.[c-]1nn[nH]n1. The van der Waals surface area contributed by atoms with Crippen molar-refractivity contribution in [3.05, 3.63) is 6.33 Å². The summed E-state index contributed by atoms with van der Waals surface area (Å²) in [6, 6.07) is 0. The molecule has 0 aliphatic heterocycles. The minimum atomic E-state index is 0.232. The second-order valence-electron chi connectivity index (χ2n) is 1.46. The molecule has 0 spiro atoms. The van der Waals surface area contributed by atoms with Gasteiger partial charge in [-0.25, -0.2) is 11.5 Å². The van der Waals surface area contributed by atoms with Crippen LogP contribution in [0.5, 0.6) is 0 Å². The largest absolute Gasteiger partial charge is 0.357 e. The summed E-state index contributed by atoms with van der Waals surface area (Å²) in [7, 11) is 0.232. The molecule has 0 saturated carbocycles. The van der Waals surface area contributed by atoms with Crippen molar-refractivity contribution in [2.45, 2.75) is 13.8 Å². The minimum Gasteiger partial charge on any atom is -0.357 e.